The van der Waals surface area contributed by atoms with Crippen molar-refractivity contribution < 1.29 is 4.74 Å². The Kier molecular flexibility index (Phi) is 6.27. The zero-order valence-electron chi connectivity index (χ0n) is 12.2. The van der Waals surface area contributed by atoms with Crippen LogP contribution in [0.5, 0.6) is 5.75 Å². The molecule has 2 aromatic carbocycles. The molecule has 2 nitrogen and oxygen atoms in total. The van der Waals surface area contributed by atoms with E-state index in [0.717, 1.165) is 27.7 Å². The van der Waals surface area contributed by atoms with Crippen LogP contribution >= 0.6 is 31.9 Å². The summed E-state index contributed by atoms with van der Waals surface area (Å²) in [6.45, 7) is 3.01. The smallest absolute Gasteiger partial charge is 0.147 e. The van der Waals surface area contributed by atoms with Gasteiger partial charge in [-0.25, -0.2) is 0 Å². The van der Waals surface area contributed by atoms with Gasteiger partial charge in [0.15, 0.2) is 0 Å². The molecule has 112 valence electrons. The maximum Gasteiger partial charge on any atom is 0.147 e. The third kappa shape index (κ3) is 4.31. The molecule has 0 amide bonds. The van der Waals surface area contributed by atoms with Crippen LogP contribution in [-0.2, 0) is 6.54 Å². The second-order valence-corrected chi connectivity index (χ2v) is 6.55. The Hall–Kier alpha value is -0.840. The summed E-state index contributed by atoms with van der Waals surface area (Å²) in [5.74, 6) is 0.828. The van der Waals surface area contributed by atoms with Crippen LogP contribution in [0.2, 0.25) is 0 Å². The number of hydrogen-bond donors (Lipinski definition) is 1. The molecule has 0 aliphatic heterocycles. The van der Waals surface area contributed by atoms with Crippen molar-refractivity contribution >= 4 is 31.9 Å². The molecule has 0 saturated carbocycles. The lowest BCUT2D eigenvalue weighted by Crippen LogP contribution is -2.20. The van der Waals surface area contributed by atoms with E-state index < -0.39 is 0 Å². The van der Waals surface area contributed by atoms with Gasteiger partial charge in [0.05, 0.1) is 16.1 Å². The molecule has 1 unspecified atom stereocenters. The van der Waals surface area contributed by atoms with Crippen molar-refractivity contribution in [1.29, 1.82) is 0 Å². The van der Waals surface area contributed by atoms with Crippen molar-refractivity contribution in [2.75, 3.05) is 7.11 Å². The summed E-state index contributed by atoms with van der Waals surface area (Å²) in [6.07, 6.45) is 1.06. The average Bonchev–Trinajstić information content (AvgIpc) is 2.49. The highest BCUT2D eigenvalue weighted by Gasteiger charge is 2.11. The number of ether oxygens (including phenoxy) is 1. The van der Waals surface area contributed by atoms with E-state index in [1.54, 1.807) is 7.11 Å². The normalized spacial score (nSPS) is 12.2. The second kappa shape index (κ2) is 7.97. The predicted octanol–water partition coefficient (Wildman–Crippen LogP) is 5.46. The van der Waals surface area contributed by atoms with Gasteiger partial charge in [0.2, 0.25) is 0 Å². The SMILES string of the molecule is CCC(NCc1cc(Br)c(OC)c(Br)c1)c1ccccc1. The first-order valence-electron chi connectivity index (χ1n) is 6.96. The maximum atomic E-state index is 5.33. The highest BCUT2D eigenvalue weighted by molar-refractivity contribution is 9.11. The predicted molar refractivity (Wildman–Crippen MR) is 94.7 cm³/mol. The van der Waals surface area contributed by atoms with Crippen molar-refractivity contribution in [1.82, 2.24) is 5.32 Å². The van der Waals surface area contributed by atoms with Gasteiger partial charge in [0.25, 0.3) is 0 Å². The zero-order valence-corrected chi connectivity index (χ0v) is 15.4. The Morgan fingerprint density at radius 2 is 1.71 bits per heavy atom. The molecule has 1 N–H and O–H groups in total. The molecular weight excluding hydrogens is 394 g/mol. The van der Waals surface area contributed by atoms with E-state index in [4.69, 9.17) is 4.74 Å². The van der Waals surface area contributed by atoms with Crippen molar-refractivity contribution in [2.24, 2.45) is 0 Å². The van der Waals surface area contributed by atoms with E-state index in [2.05, 4.69) is 80.5 Å². The highest BCUT2D eigenvalue weighted by atomic mass is 79.9. The van der Waals surface area contributed by atoms with Gasteiger partial charge in [-0.2, -0.15) is 0 Å². The first kappa shape index (κ1) is 16.5. The summed E-state index contributed by atoms with van der Waals surface area (Å²) in [5, 5.41) is 3.61. The van der Waals surface area contributed by atoms with Crippen LogP contribution in [0.3, 0.4) is 0 Å². The fourth-order valence-corrected chi connectivity index (χ4v) is 3.94. The summed E-state index contributed by atoms with van der Waals surface area (Å²) >= 11 is 7.09. The van der Waals surface area contributed by atoms with Gasteiger partial charge in [-0.05, 0) is 61.5 Å². The van der Waals surface area contributed by atoms with Gasteiger partial charge in [0.1, 0.15) is 5.75 Å². The van der Waals surface area contributed by atoms with Gasteiger partial charge in [-0.15, -0.1) is 0 Å². The molecule has 0 aromatic heterocycles. The van der Waals surface area contributed by atoms with Crippen LogP contribution in [0.4, 0.5) is 0 Å². The Bertz CT molecular complexity index is 564. The first-order chi connectivity index (χ1) is 10.2. The molecule has 0 aliphatic rings. The van der Waals surface area contributed by atoms with Crippen LogP contribution in [0.1, 0.15) is 30.5 Å². The van der Waals surface area contributed by atoms with Crippen LogP contribution in [-0.4, -0.2) is 7.11 Å². The molecule has 0 fully saturated rings. The molecule has 21 heavy (non-hydrogen) atoms. The van der Waals surface area contributed by atoms with Crippen LogP contribution in [0, 0.1) is 0 Å². The second-order valence-electron chi connectivity index (χ2n) is 4.85. The highest BCUT2D eigenvalue weighted by Crippen LogP contribution is 2.34. The molecule has 0 spiro atoms. The minimum atomic E-state index is 0.367. The number of rotatable bonds is 6. The van der Waals surface area contributed by atoms with Crippen molar-refractivity contribution in [3.8, 4) is 5.75 Å². The molecule has 0 aliphatic carbocycles. The van der Waals surface area contributed by atoms with E-state index >= 15 is 0 Å². The summed E-state index contributed by atoms with van der Waals surface area (Å²) in [5.41, 5.74) is 2.54. The standard InChI is InChI=1S/C17H19Br2NO/c1-3-16(13-7-5-4-6-8-13)20-11-12-9-14(18)17(21-2)15(19)10-12/h4-10,16,20H,3,11H2,1-2H3. The van der Waals surface area contributed by atoms with Crippen molar-refractivity contribution in [3.05, 3.63) is 62.5 Å². The van der Waals surface area contributed by atoms with Gasteiger partial charge in [0, 0.05) is 12.6 Å². The largest absolute Gasteiger partial charge is 0.494 e. The van der Waals surface area contributed by atoms with Crippen LogP contribution < -0.4 is 10.1 Å². The molecule has 2 aromatic rings. The lowest BCUT2D eigenvalue weighted by Gasteiger charge is -2.18. The lowest BCUT2D eigenvalue weighted by molar-refractivity contribution is 0.409. The topological polar surface area (TPSA) is 21.3 Å². The van der Waals surface area contributed by atoms with Gasteiger partial charge >= 0.3 is 0 Å². The first-order valence-corrected chi connectivity index (χ1v) is 8.54. The molecule has 1 atom stereocenters. The maximum absolute atomic E-state index is 5.33. The van der Waals surface area contributed by atoms with E-state index in [9.17, 15) is 0 Å². The Labute approximate surface area is 143 Å². The summed E-state index contributed by atoms with van der Waals surface area (Å²) in [6, 6.07) is 15.1. The average molecular weight is 413 g/mol. The minimum absolute atomic E-state index is 0.367. The van der Waals surface area contributed by atoms with Crippen molar-refractivity contribution in [2.45, 2.75) is 25.9 Å². The van der Waals surface area contributed by atoms with Crippen molar-refractivity contribution in [3.63, 3.8) is 0 Å². The molecular formula is C17H19Br2NO. The van der Waals surface area contributed by atoms with Crippen LogP contribution in [0.25, 0.3) is 0 Å². The number of halogens is 2. The number of benzene rings is 2. The van der Waals surface area contributed by atoms with E-state index in [0.29, 0.717) is 6.04 Å². The lowest BCUT2D eigenvalue weighted by atomic mass is 10.0. The Morgan fingerprint density at radius 1 is 1.10 bits per heavy atom. The fourth-order valence-electron chi connectivity index (χ4n) is 2.33. The van der Waals surface area contributed by atoms with E-state index in [1.807, 2.05) is 6.07 Å². The number of nitrogens with one attached hydrogen (secondary N) is 1. The van der Waals surface area contributed by atoms with Crippen LogP contribution in [0.15, 0.2) is 51.4 Å². The van der Waals surface area contributed by atoms with Gasteiger partial charge < -0.3 is 10.1 Å². The monoisotopic (exact) mass is 411 g/mol. The fraction of sp³-hybridized carbons (Fsp3) is 0.294. The molecule has 0 bridgehead atoms. The third-order valence-electron chi connectivity index (χ3n) is 3.42. The number of hydrogen-bond acceptors (Lipinski definition) is 2. The summed E-state index contributed by atoms with van der Waals surface area (Å²) in [7, 11) is 1.67. The molecule has 4 heteroatoms. The number of methoxy groups -OCH3 is 1. The third-order valence-corrected chi connectivity index (χ3v) is 4.60. The van der Waals surface area contributed by atoms with E-state index in [-0.39, 0.29) is 0 Å². The Balaban J connectivity index is 2.08. The summed E-state index contributed by atoms with van der Waals surface area (Å²) in [4.78, 5) is 0. The van der Waals surface area contributed by atoms with Gasteiger partial charge in [-0.1, -0.05) is 37.3 Å². The molecule has 0 saturated heterocycles. The quantitative estimate of drug-likeness (QED) is 0.679. The molecule has 2 rings (SSSR count). The molecule has 0 radical (unpaired) electrons. The van der Waals surface area contributed by atoms with E-state index in [1.165, 1.54) is 11.1 Å². The zero-order chi connectivity index (χ0) is 15.2. The molecule has 0 heterocycles. The Morgan fingerprint density at radius 3 is 2.24 bits per heavy atom. The minimum Gasteiger partial charge on any atom is -0.494 e. The van der Waals surface area contributed by atoms with Gasteiger partial charge in [-0.3, -0.25) is 0 Å². The summed E-state index contributed by atoms with van der Waals surface area (Å²) < 4.78 is 7.26.